The van der Waals surface area contributed by atoms with Gasteiger partial charge in [-0.1, -0.05) is 12.1 Å². The highest BCUT2D eigenvalue weighted by Crippen LogP contribution is 2.23. The summed E-state index contributed by atoms with van der Waals surface area (Å²) in [6, 6.07) is 7.18. The summed E-state index contributed by atoms with van der Waals surface area (Å²) in [6.45, 7) is 0. The van der Waals surface area contributed by atoms with Crippen molar-refractivity contribution in [2.45, 2.75) is 12.8 Å². The molecular formula is C11H11NO3. The molecule has 3 N–H and O–H groups in total. The van der Waals surface area contributed by atoms with Gasteiger partial charge in [0, 0.05) is 23.4 Å². The zero-order valence-corrected chi connectivity index (χ0v) is 8.03. The maximum Gasteiger partial charge on any atom is 0.303 e. The number of carbonyl (C=O) groups is 1. The van der Waals surface area contributed by atoms with Gasteiger partial charge in [-0.3, -0.25) is 4.79 Å². The number of fused-ring (bicyclic) bond motifs is 1. The molecule has 78 valence electrons. The fourth-order valence-corrected chi connectivity index (χ4v) is 1.66. The molecule has 0 atom stereocenters. The molecule has 4 heteroatoms. The average molecular weight is 205 g/mol. The standard InChI is InChI=1S/C11H11NO3/c13-10-6-8-7(4-5-11(14)15)2-1-3-9(8)12-10/h1-3,6,12-13H,4-5H2,(H,14,15). The van der Waals surface area contributed by atoms with Crippen LogP contribution < -0.4 is 0 Å². The largest absolute Gasteiger partial charge is 0.495 e. The van der Waals surface area contributed by atoms with E-state index in [1.807, 2.05) is 18.2 Å². The van der Waals surface area contributed by atoms with Crippen LogP contribution in [0.4, 0.5) is 0 Å². The van der Waals surface area contributed by atoms with Gasteiger partial charge in [-0.05, 0) is 18.1 Å². The molecule has 0 saturated carbocycles. The van der Waals surface area contributed by atoms with Crippen molar-refractivity contribution in [3.63, 3.8) is 0 Å². The van der Waals surface area contributed by atoms with Gasteiger partial charge in [0.1, 0.15) is 0 Å². The fourth-order valence-electron chi connectivity index (χ4n) is 1.66. The zero-order chi connectivity index (χ0) is 10.8. The van der Waals surface area contributed by atoms with Crippen molar-refractivity contribution >= 4 is 16.9 Å². The van der Waals surface area contributed by atoms with Crippen LogP contribution in [0.2, 0.25) is 0 Å². The number of hydrogen-bond acceptors (Lipinski definition) is 2. The van der Waals surface area contributed by atoms with Crippen molar-refractivity contribution in [3.05, 3.63) is 29.8 Å². The van der Waals surface area contributed by atoms with E-state index in [0.29, 0.717) is 6.42 Å². The minimum absolute atomic E-state index is 0.102. The first kappa shape index (κ1) is 9.58. The molecule has 0 aliphatic carbocycles. The molecular weight excluding hydrogens is 194 g/mol. The summed E-state index contributed by atoms with van der Waals surface area (Å²) in [4.78, 5) is 13.3. The number of aromatic nitrogens is 1. The normalized spacial score (nSPS) is 10.7. The van der Waals surface area contributed by atoms with Crippen LogP contribution in [-0.2, 0) is 11.2 Å². The second-order valence-electron chi connectivity index (χ2n) is 3.43. The molecule has 2 aromatic rings. The third kappa shape index (κ3) is 1.93. The second-order valence-corrected chi connectivity index (χ2v) is 3.43. The van der Waals surface area contributed by atoms with Gasteiger partial charge in [0.05, 0.1) is 0 Å². The van der Waals surface area contributed by atoms with Gasteiger partial charge in [0.25, 0.3) is 0 Å². The molecule has 1 aromatic carbocycles. The van der Waals surface area contributed by atoms with Crippen molar-refractivity contribution < 1.29 is 15.0 Å². The minimum atomic E-state index is -0.813. The first-order valence-corrected chi connectivity index (χ1v) is 4.68. The Hall–Kier alpha value is -1.97. The number of H-pyrrole nitrogens is 1. The predicted molar refractivity (Wildman–Crippen MR) is 55.9 cm³/mol. The average Bonchev–Trinajstić information content (AvgIpc) is 2.55. The van der Waals surface area contributed by atoms with E-state index in [2.05, 4.69) is 4.98 Å². The minimum Gasteiger partial charge on any atom is -0.495 e. The zero-order valence-electron chi connectivity index (χ0n) is 8.03. The maximum atomic E-state index is 10.5. The van der Waals surface area contributed by atoms with Crippen LogP contribution in [0.25, 0.3) is 10.9 Å². The van der Waals surface area contributed by atoms with E-state index in [-0.39, 0.29) is 12.3 Å². The topological polar surface area (TPSA) is 73.3 Å². The number of carboxylic acids is 1. The van der Waals surface area contributed by atoms with Crippen molar-refractivity contribution in [1.82, 2.24) is 4.98 Å². The highest BCUT2D eigenvalue weighted by atomic mass is 16.4. The maximum absolute atomic E-state index is 10.5. The summed E-state index contributed by atoms with van der Waals surface area (Å²) >= 11 is 0. The Morgan fingerprint density at radius 3 is 2.93 bits per heavy atom. The first-order valence-electron chi connectivity index (χ1n) is 4.68. The first-order chi connectivity index (χ1) is 7.16. The Kier molecular flexibility index (Phi) is 2.33. The molecule has 0 bridgehead atoms. The van der Waals surface area contributed by atoms with Crippen LogP contribution in [0.3, 0.4) is 0 Å². The van der Waals surface area contributed by atoms with E-state index in [4.69, 9.17) is 5.11 Å². The Bertz CT molecular complexity index is 502. The molecule has 0 unspecified atom stereocenters. The Morgan fingerprint density at radius 1 is 1.40 bits per heavy atom. The summed E-state index contributed by atoms with van der Waals surface area (Å²) in [5.74, 6) is -0.709. The lowest BCUT2D eigenvalue weighted by atomic mass is 10.1. The van der Waals surface area contributed by atoms with E-state index in [1.165, 1.54) is 0 Å². The number of benzene rings is 1. The smallest absolute Gasteiger partial charge is 0.303 e. The summed E-state index contributed by atoms with van der Waals surface area (Å²) < 4.78 is 0. The number of aryl methyl sites for hydroxylation is 1. The van der Waals surface area contributed by atoms with E-state index < -0.39 is 5.97 Å². The summed E-state index contributed by atoms with van der Waals surface area (Å²) in [6.07, 6.45) is 0.578. The number of aliphatic carboxylic acids is 1. The molecule has 0 aliphatic heterocycles. The lowest BCUT2D eigenvalue weighted by molar-refractivity contribution is -0.136. The fraction of sp³-hybridized carbons (Fsp3) is 0.182. The number of aromatic amines is 1. The molecule has 1 aromatic heterocycles. The number of carboxylic acid groups (broad SMARTS) is 1. The van der Waals surface area contributed by atoms with Crippen LogP contribution in [0.15, 0.2) is 24.3 Å². The van der Waals surface area contributed by atoms with E-state index in [0.717, 1.165) is 16.5 Å². The summed E-state index contributed by atoms with van der Waals surface area (Å²) in [7, 11) is 0. The number of hydrogen-bond donors (Lipinski definition) is 3. The molecule has 0 saturated heterocycles. The van der Waals surface area contributed by atoms with Crippen LogP contribution >= 0.6 is 0 Å². The molecule has 2 rings (SSSR count). The highest BCUT2D eigenvalue weighted by Gasteiger charge is 2.06. The molecule has 0 spiro atoms. The Morgan fingerprint density at radius 2 is 2.20 bits per heavy atom. The third-order valence-corrected chi connectivity index (χ3v) is 2.35. The molecule has 0 fully saturated rings. The molecule has 0 amide bonds. The van der Waals surface area contributed by atoms with Gasteiger partial charge in [0.2, 0.25) is 0 Å². The van der Waals surface area contributed by atoms with Gasteiger partial charge in [0.15, 0.2) is 5.88 Å². The van der Waals surface area contributed by atoms with Gasteiger partial charge in [-0.25, -0.2) is 0 Å². The van der Waals surface area contributed by atoms with Crippen molar-refractivity contribution in [1.29, 1.82) is 0 Å². The van der Waals surface area contributed by atoms with Crippen molar-refractivity contribution in [2.24, 2.45) is 0 Å². The van der Waals surface area contributed by atoms with Gasteiger partial charge >= 0.3 is 5.97 Å². The monoisotopic (exact) mass is 205 g/mol. The van der Waals surface area contributed by atoms with Gasteiger partial charge in [-0.2, -0.15) is 0 Å². The van der Waals surface area contributed by atoms with Crippen LogP contribution in [0.5, 0.6) is 5.88 Å². The SMILES string of the molecule is O=C(O)CCc1cccc2[nH]c(O)cc12. The number of aromatic hydroxyl groups is 1. The second kappa shape index (κ2) is 3.65. The summed E-state index contributed by atoms with van der Waals surface area (Å²) in [5, 5.41) is 18.8. The highest BCUT2D eigenvalue weighted by molar-refractivity contribution is 5.85. The van der Waals surface area contributed by atoms with Crippen LogP contribution in [0, 0.1) is 0 Å². The van der Waals surface area contributed by atoms with E-state index in [9.17, 15) is 9.90 Å². The van der Waals surface area contributed by atoms with Crippen molar-refractivity contribution in [3.8, 4) is 5.88 Å². The summed E-state index contributed by atoms with van der Waals surface area (Å²) in [5.41, 5.74) is 1.77. The lowest BCUT2D eigenvalue weighted by Crippen LogP contribution is -1.97. The number of rotatable bonds is 3. The molecule has 4 nitrogen and oxygen atoms in total. The molecule has 0 aliphatic rings. The molecule has 15 heavy (non-hydrogen) atoms. The quantitative estimate of drug-likeness (QED) is 0.716. The van der Waals surface area contributed by atoms with Crippen molar-refractivity contribution in [2.75, 3.05) is 0 Å². The van der Waals surface area contributed by atoms with Crippen LogP contribution in [0.1, 0.15) is 12.0 Å². The molecule has 0 radical (unpaired) electrons. The Labute approximate surface area is 86.2 Å². The lowest BCUT2D eigenvalue weighted by Gasteiger charge is -2.00. The van der Waals surface area contributed by atoms with Gasteiger partial charge < -0.3 is 15.2 Å². The number of nitrogens with one attached hydrogen (secondary N) is 1. The van der Waals surface area contributed by atoms with E-state index in [1.54, 1.807) is 6.07 Å². The molecule has 1 heterocycles. The Balaban J connectivity index is 2.37. The van der Waals surface area contributed by atoms with Crippen LogP contribution in [-0.4, -0.2) is 21.2 Å². The third-order valence-electron chi connectivity index (χ3n) is 2.35. The predicted octanol–water partition coefficient (Wildman–Crippen LogP) is 1.89. The van der Waals surface area contributed by atoms with E-state index >= 15 is 0 Å². The van der Waals surface area contributed by atoms with Gasteiger partial charge in [-0.15, -0.1) is 0 Å².